The molecule has 1 saturated heterocycles. The van der Waals surface area contributed by atoms with E-state index in [9.17, 15) is 5.11 Å². The Hall–Kier alpha value is -1.26. The van der Waals surface area contributed by atoms with Crippen molar-refractivity contribution in [2.24, 2.45) is 5.41 Å². The number of hydrogen-bond acceptors (Lipinski definition) is 4. The quantitative estimate of drug-likeness (QED) is 0.840. The first-order chi connectivity index (χ1) is 9.64. The van der Waals surface area contributed by atoms with Crippen LogP contribution in [0.5, 0.6) is 11.5 Å². The van der Waals surface area contributed by atoms with E-state index in [1.165, 1.54) is 0 Å². The summed E-state index contributed by atoms with van der Waals surface area (Å²) in [5.74, 6) is 0.808. The van der Waals surface area contributed by atoms with Crippen molar-refractivity contribution in [3.05, 3.63) is 23.8 Å². The topological polar surface area (TPSA) is 50.7 Å². The van der Waals surface area contributed by atoms with E-state index < -0.39 is 0 Å². The molecule has 1 aromatic rings. The summed E-state index contributed by atoms with van der Waals surface area (Å²) in [5.41, 5.74) is 1.18. The molecule has 0 amide bonds. The van der Waals surface area contributed by atoms with Gasteiger partial charge in [0.2, 0.25) is 0 Å². The Morgan fingerprint density at radius 3 is 2.80 bits per heavy atom. The van der Waals surface area contributed by atoms with Gasteiger partial charge in [0.25, 0.3) is 0 Å². The summed E-state index contributed by atoms with van der Waals surface area (Å²) in [4.78, 5) is 0. The largest absolute Gasteiger partial charge is 0.504 e. The van der Waals surface area contributed by atoms with E-state index in [1.54, 1.807) is 6.07 Å². The maximum Gasteiger partial charge on any atom is 0.162 e. The molecule has 0 atom stereocenters. The summed E-state index contributed by atoms with van der Waals surface area (Å²) in [5, 5.41) is 13.6. The molecule has 2 N–H and O–H groups in total. The van der Waals surface area contributed by atoms with Gasteiger partial charge < -0.3 is 19.9 Å². The highest BCUT2D eigenvalue weighted by Crippen LogP contribution is 2.31. The van der Waals surface area contributed by atoms with Crippen molar-refractivity contribution in [3.8, 4) is 11.5 Å². The van der Waals surface area contributed by atoms with Crippen molar-refractivity contribution in [1.29, 1.82) is 0 Å². The van der Waals surface area contributed by atoms with Gasteiger partial charge in [-0.25, -0.2) is 0 Å². The molecular formula is C16H25NO3. The molecular weight excluding hydrogens is 254 g/mol. The molecule has 1 aliphatic rings. The van der Waals surface area contributed by atoms with Crippen LogP contribution in [0.4, 0.5) is 0 Å². The molecule has 4 nitrogen and oxygen atoms in total. The lowest BCUT2D eigenvalue weighted by molar-refractivity contribution is 0.0240. The van der Waals surface area contributed by atoms with Gasteiger partial charge in [-0.2, -0.15) is 0 Å². The van der Waals surface area contributed by atoms with Crippen LogP contribution in [0.3, 0.4) is 0 Å². The van der Waals surface area contributed by atoms with Crippen molar-refractivity contribution >= 4 is 0 Å². The second-order valence-corrected chi connectivity index (χ2v) is 5.72. The van der Waals surface area contributed by atoms with E-state index in [0.29, 0.717) is 24.3 Å². The molecule has 1 fully saturated rings. The van der Waals surface area contributed by atoms with Crippen molar-refractivity contribution in [3.63, 3.8) is 0 Å². The van der Waals surface area contributed by atoms with Crippen molar-refractivity contribution < 1.29 is 14.6 Å². The summed E-state index contributed by atoms with van der Waals surface area (Å²) < 4.78 is 10.8. The van der Waals surface area contributed by atoms with Crippen LogP contribution >= 0.6 is 0 Å². The van der Waals surface area contributed by atoms with Crippen LogP contribution in [0, 0.1) is 5.41 Å². The number of ether oxygens (including phenoxy) is 2. The van der Waals surface area contributed by atoms with E-state index in [-0.39, 0.29) is 5.75 Å². The Morgan fingerprint density at radius 1 is 1.35 bits per heavy atom. The highest BCUT2D eigenvalue weighted by molar-refractivity contribution is 5.45. The van der Waals surface area contributed by atoms with Gasteiger partial charge in [0.05, 0.1) is 6.61 Å². The number of phenolic OH excluding ortho intramolecular Hbond substituents is 1. The van der Waals surface area contributed by atoms with E-state index in [0.717, 1.165) is 38.2 Å². The number of benzene rings is 1. The minimum Gasteiger partial charge on any atom is -0.504 e. The predicted octanol–water partition coefficient (Wildman–Crippen LogP) is 2.70. The van der Waals surface area contributed by atoms with Crippen molar-refractivity contribution in [2.75, 3.05) is 26.4 Å². The molecule has 0 unspecified atom stereocenters. The average Bonchev–Trinajstić information content (AvgIpc) is 2.44. The van der Waals surface area contributed by atoms with Crippen LogP contribution in [0.2, 0.25) is 0 Å². The normalized spacial score (nSPS) is 17.9. The van der Waals surface area contributed by atoms with Gasteiger partial charge in [0.1, 0.15) is 0 Å². The zero-order valence-electron chi connectivity index (χ0n) is 12.4. The molecule has 0 aromatic heterocycles. The Bertz CT molecular complexity index is 428. The lowest BCUT2D eigenvalue weighted by atomic mass is 9.82. The minimum atomic E-state index is 0.249. The molecule has 0 radical (unpaired) electrons. The third kappa shape index (κ3) is 3.87. The minimum absolute atomic E-state index is 0.249. The van der Waals surface area contributed by atoms with Gasteiger partial charge in [-0.1, -0.05) is 19.1 Å². The van der Waals surface area contributed by atoms with Crippen LogP contribution in [-0.2, 0) is 11.3 Å². The van der Waals surface area contributed by atoms with E-state index in [1.807, 2.05) is 19.1 Å². The lowest BCUT2D eigenvalue weighted by Crippen LogP contribution is -2.36. The zero-order chi connectivity index (χ0) is 14.4. The number of aromatic hydroxyl groups is 1. The molecule has 1 aromatic carbocycles. The van der Waals surface area contributed by atoms with Crippen molar-refractivity contribution in [1.82, 2.24) is 5.32 Å². The van der Waals surface area contributed by atoms with Gasteiger partial charge in [0.15, 0.2) is 11.5 Å². The molecule has 112 valence electrons. The van der Waals surface area contributed by atoms with Gasteiger partial charge >= 0.3 is 0 Å². The Labute approximate surface area is 121 Å². The molecule has 0 aliphatic carbocycles. The SMILES string of the molecule is CCOc1cccc(CNCC2(C)CCOCC2)c1O. The fraction of sp³-hybridized carbons (Fsp3) is 0.625. The first-order valence-electron chi connectivity index (χ1n) is 7.37. The fourth-order valence-electron chi connectivity index (χ4n) is 2.52. The van der Waals surface area contributed by atoms with Crippen LogP contribution in [0.25, 0.3) is 0 Å². The van der Waals surface area contributed by atoms with Crippen LogP contribution < -0.4 is 10.1 Å². The number of para-hydroxylation sites is 1. The highest BCUT2D eigenvalue weighted by Gasteiger charge is 2.26. The zero-order valence-corrected chi connectivity index (χ0v) is 12.4. The number of rotatable bonds is 6. The van der Waals surface area contributed by atoms with Crippen molar-refractivity contribution in [2.45, 2.75) is 33.2 Å². The third-order valence-corrected chi connectivity index (χ3v) is 3.95. The number of nitrogens with one attached hydrogen (secondary N) is 1. The van der Waals surface area contributed by atoms with Gasteiger partial charge in [0, 0.05) is 31.9 Å². The van der Waals surface area contributed by atoms with Gasteiger partial charge in [-0.05, 0) is 31.2 Å². The van der Waals surface area contributed by atoms with Crippen LogP contribution in [-0.4, -0.2) is 31.5 Å². The summed E-state index contributed by atoms with van der Waals surface area (Å²) >= 11 is 0. The molecule has 2 rings (SSSR count). The summed E-state index contributed by atoms with van der Waals surface area (Å²) in [6, 6.07) is 5.64. The third-order valence-electron chi connectivity index (χ3n) is 3.95. The average molecular weight is 279 g/mol. The summed E-state index contributed by atoms with van der Waals surface area (Å²) in [6.45, 7) is 8.06. The molecule has 0 saturated carbocycles. The second kappa shape index (κ2) is 6.95. The number of hydrogen-bond donors (Lipinski definition) is 2. The predicted molar refractivity (Wildman–Crippen MR) is 79.1 cm³/mol. The summed E-state index contributed by atoms with van der Waals surface area (Å²) in [7, 11) is 0. The smallest absolute Gasteiger partial charge is 0.162 e. The Balaban J connectivity index is 1.89. The lowest BCUT2D eigenvalue weighted by Gasteiger charge is -2.33. The maximum atomic E-state index is 10.1. The monoisotopic (exact) mass is 279 g/mol. The summed E-state index contributed by atoms with van der Waals surface area (Å²) in [6.07, 6.45) is 2.18. The first-order valence-corrected chi connectivity index (χ1v) is 7.37. The standard InChI is InChI=1S/C16H25NO3/c1-3-20-14-6-4-5-13(15(14)18)11-17-12-16(2)7-9-19-10-8-16/h4-6,17-18H,3,7-12H2,1-2H3. The van der Waals surface area contributed by atoms with E-state index in [4.69, 9.17) is 9.47 Å². The fourth-order valence-corrected chi connectivity index (χ4v) is 2.52. The molecule has 4 heteroatoms. The molecule has 1 heterocycles. The molecule has 1 aliphatic heterocycles. The first kappa shape index (κ1) is 15.1. The molecule has 0 bridgehead atoms. The highest BCUT2D eigenvalue weighted by atomic mass is 16.5. The Morgan fingerprint density at radius 2 is 2.10 bits per heavy atom. The van der Waals surface area contributed by atoms with Crippen LogP contribution in [0.1, 0.15) is 32.3 Å². The van der Waals surface area contributed by atoms with Gasteiger partial charge in [-0.15, -0.1) is 0 Å². The maximum absolute atomic E-state index is 10.1. The van der Waals surface area contributed by atoms with Gasteiger partial charge in [-0.3, -0.25) is 0 Å². The van der Waals surface area contributed by atoms with E-state index in [2.05, 4.69) is 12.2 Å². The molecule has 0 spiro atoms. The number of phenols is 1. The Kier molecular flexibility index (Phi) is 5.26. The van der Waals surface area contributed by atoms with Crippen LogP contribution in [0.15, 0.2) is 18.2 Å². The second-order valence-electron chi connectivity index (χ2n) is 5.72. The molecule has 20 heavy (non-hydrogen) atoms. The van der Waals surface area contributed by atoms with E-state index >= 15 is 0 Å².